The number of aromatic nitrogens is 2. The van der Waals surface area contributed by atoms with E-state index < -0.39 is 10.0 Å². The maximum absolute atomic E-state index is 13.1. The molecule has 3 rings (SSSR count). The molecule has 0 atom stereocenters. The van der Waals surface area contributed by atoms with Gasteiger partial charge in [-0.15, -0.1) is 0 Å². The Morgan fingerprint density at radius 3 is 2.56 bits per heavy atom. The Hall–Kier alpha value is -2.84. The van der Waals surface area contributed by atoms with Crippen LogP contribution in [0.2, 0.25) is 0 Å². The zero-order chi connectivity index (χ0) is 19.4. The first kappa shape index (κ1) is 18.9. The third-order valence-electron chi connectivity index (χ3n) is 4.14. The SMILES string of the molecule is COc1ccc(OC)c(S(=O)(=O)N(C)Cc2cccc(-n3cccn3)c2)c1. The summed E-state index contributed by atoms with van der Waals surface area (Å²) in [6.45, 7) is 0.206. The van der Waals surface area contributed by atoms with Gasteiger partial charge in [-0.1, -0.05) is 12.1 Å². The van der Waals surface area contributed by atoms with E-state index in [4.69, 9.17) is 9.47 Å². The van der Waals surface area contributed by atoms with Gasteiger partial charge in [0.25, 0.3) is 0 Å². The molecule has 27 heavy (non-hydrogen) atoms. The molecule has 2 aromatic carbocycles. The molecule has 0 saturated heterocycles. The van der Waals surface area contributed by atoms with Gasteiger partial charge in [0, 0.05) is 32.1 Å². The van der Waals surface area contributed by atoms with Gasteiger partial charge in [-0.3, -0.25) is 0 Å². The lowest BCUT2D eigenvalue weighted by Gasteiger charge is -2.20. The number of hydrogen-bond acceptors (Lipinski definition) is 5. The number of hydrogen-bond donors (Lipinski definition) is 0. The minimum absolute atomic E-state index is 0.0649. The van der Waals surface area contributed by atoms with Crippen LogP contribution >= 0.6 is 0 Å². The molecule has 0 saturated carbocycles. The summed E-state index contributed by atoms with van der Waals surface area (Å²) in [5, 5.41) is 4.20. The highest BCUT2D eigenvalue weighted by Crippen LogP contribution is 2.30. The maximum atomic E-state index is 13.1. The van der Waals surface area contributed by atoms with E-state index in [9.17, 15) is 8.42 Å². The monoisotopic (exact) mass is 387 g/mol. The fraction of sp³-hybridized carbons (Fsp3) is 0.211. The Bertz CT molecular complexity index is 1020. The second-order valence-electron chi connectivity index (χ2n) is 5.90. The molecule has 0 unspecified atom stereocenters. The first-order valence-electron chi connectivity index (χ1n) is 8.23. The lowest BCUT2D eigenvalue weighted by Crippen LogP contribution is -2.27. The molecule has 0 spiro atoms. The summed E-state index contributed by atoms with van der Waals surface area (Å²) in [6.07, 6.45) is 3.53. The van der Waals surface area contributed by atoms with E-state index in [0.717, 1.165) is 11.3 Å². The first-order valence-corrected chi connectivity index (χ1v) is 9.67. The predicted molar refractivity (Wildman–Crippen MR) is 102 cm³/mol. The zero-order valence-electron chi connectivity index (χ0n) is 15.4. The summed E-state index contributed by atoms with van der Waals surface area (Å²) in [6, 6.07) is 14.1. The molecule has 0 radical (unpaired) electrons. The summed E-state index contributed by atoms with van der Waals surface area (Å²) >= 11 is 0. The Balaban J connectivity index is 1.90. The highest BCUT2D eigenvalue weighted by Gasteiger charge is 2.25. The quantitative estimate of drug-likeness (QED) is 0.623. The van der Waals surface area contributed by atoms with Crippen molar-refractivity contribution in [2.24, 2.45) is 0 Å². The van der Waals surface area contributed by atoms with Crippen molar-refractivity contribution in [3.63, 3.8) is 0 Å². The molecule has 0 aliphatic rings. The molecule has 1 aromatic heterocycles. The topological polar surface area (TPSA) is 73.7 Å². The molecular weight excluding hydrogens is 366 g/mol. The van der Waals surface area contributed by atoms with Crippen molar-refractivity contribution in [2.45, 2.75) is 11.4 Å². The van der Waals surface area contributed by atoms with Crippen LogP contribution in [0.25, 0.3) is 5.69 Å². The van der Waals surface area contributed by atoms with Crippen LogP contribution in [0.4, 0.5) is 0 Å². The van der Waals surface area contributed by atoms with Crippen LogP contribution in [0.15, 0.2) is 65.8 Å². The van der Waals surface area contributed by atoms with Gasteiger partial charge in [0.1, 0.15) is 16.4 Å². The van der Waals surface area contributed by atoms with E-state index in [2.05, 4.69) is 5.10 Å². The van der Waals surface area contributed by atoms with Crippen molar-refractivity contribution < 1.29 is 17.9 Å². The second kappa shape index (κ2) is 7.81. The Morgan fingerprint density at radius 2 is 1.89 bits per heavy atom. The predicted octanol–water partition coefficient (Wildman–Crippen LogP) is 2.71. The largest absolute Gasteiger partial charge is 0.497 e. The minimum Gasteiger partial charge on any atom is -0.497 e. The molecule has 0 N–H and O–H groups in total. The molecule has 142 valence electrons. The zero-order valence-corrected chi connectivity index (χ0v) is 16.2. The Morgan fingerprint density at radius 1 is 1.07 bits per heavy atom. The van der Waals surface area contributed by atoms with Crippen molar-refractivity contribution in [2.75, 3.05) is 21.3 Å². The average molecular weight is 387 g/mol. The summed E-state index contributed by atoms with van der Waals surface area (Å²) in [5.74, 6) is 0.719. The molecule has 0 aliphatic heterocycles. The van der Waals surface area contributed by atoms with Gasteiger partial charge < -0.3 is 9.47 Å². The summed E-state index contributed by atoms with van der Waals surface area (Å²) in [7, 11) is 0.691. The van der Waals surface area contributed by atoms with E-state index in [1.54, 1.807) is 23.0 Å². The normalized spacial score (nSPS) is 11.6. The molecule has 0 bridgehead atoms. The molecule has 0 fully saturated rings. The first-order chi connectivity index (χ1) is 13.0. The molecule has 0 aliphatic carbocycles. The second-order valence-corrected chi connectivity index (χ2v) is 7.91. The lowest BCUT2D eigenvalue weighted by molar-refractivity contribution is 0.388. The molecule has 7 nitrogen and oxygen atoms in total. The van der Waals surface area contributed by atoms with Crippen molar-refractivity contribution in [3.05, 3.63) is 66.5 Å². The van der Waals surface area contributed by atoms with Gasteiger partial charge >= 0.3 is 0 Å². The number of sulfonamides is 1. The number of methoxy groups -OCH3 is 2. The van der Waals surface area contributed by atoms with Crippen LogP contribution in [0.3, 0.4) is 0 Å². The standard InChI is InChI=1S/C19H21N3O4S/c1-21(14-15-6-4-7-16(12-15)22-11-5-10-20-22)27(23,24)19-13-17(25-2)8-9-18(19)26-3/h4-13H,14H2,1-3H3. The number of nitrogens with zero attached hydrogens (tertiary/aromatic N) is 3. The van der Waals surface area contributed by atoms with Crippen molar-refractivity contribution in [1.82, 2.24) is 14.1 Å². The van der Waals surface area contributed by atoms with Crippen LogP contribution in [-0.4, -0.2) is 43.8 Å². The molecule has 8 heteroatoms. The van der Waals surface area contributed by atoms with Crippen LogP contribution in [0.5, 0.6) is 11.5 Å². The third kappa shape index (κ3) is 3.96. The molecule has 3 aromatic rings. The van der Waals surface area contributed by atoms with Gasteiger partial charge in [0.15, 0.2) is 0 Å². The van der Waals surface area contributed by atoms with Gasteiger partial charge in [0.2, 0.25) is 10.0 Å². The van der Waals surface area contributed by atoms with Crippen molar-refractivity contribution in [3.8, 4) is 17.2 Å². The molecule has 0 amide bonds. The summed E-state index contributed by atoms with van der Waals surface area (Å²) in [4.78, 5) is 0.0649. The van der Waals surface area contributed by atoms with Crippen LogP contribution in [-0.2, 0) is 16.6 Å². The van der Waals surface area contributed by atoms with E-state index in [1.165, 1.54) is 31.6 Å². The Labute approximate surface area is 158 Å². The van der Waals surface area contributed by atoms with Gasteiger partial charge in [0.05, 0.1) is 19.9 Å². The van der Waals surface area contributed by atoms with Crippen LogP contribution in [0.1, 0.15) is 5.56 Å². The van der Waals surface area contributed by atoms with Gasteiger partial charge in [-0.2, -0.15) is 9.40 Å². The van der Waals surface area contributed by atoms with E-state index in [1.807, 2.05) is 36.5 Å². The summed E-state index contributed by atoms with van der Waals surface area (Å²) in [5.41, 5.74) is 1.71. The smallest absolute Gasteiger partial charge is 0.246 e. The summed E-state index contributed by atoms with van der Waals surface area (Å²) < 4.78 is 39.5. The fourth-order valence-corrected chi connectivity index (χ4v) is 4.04. The van der Waals surface area contributed by atoms with Crippen LogP contribution < -0.4 is 9.47 Å². The number of benzene rings is 2. The van der Waals surface area contributed by atoms with Crippen molar-refractivity contribution >= 4 is 10.0 Å². The van der Waals surface area contributed by atoms with Gasteiger partial charge in [-0.25, -0.2) is 13.1 Å². The number of ether oxygens (including phenoxy) is 2. The third-order valence-corrected chi connectivity index (χ3v) is 5.97. The van der Waals surface area contributed by atoms with E-state index >= 15 is 0 Å². The van der Waals surface area contributed by atoms with E-state index in [-0.39, 0.29) is 17.2 Å². The average Bonchev–Trinajstić information content (AvgIpc) is 3.22. The molecule has 1 heterocycles. The van der Waals surface area contributed by atoms with Crippen molar-refractivity contribution in [1.29, 1.82) is 0 Å². The lowest BCUT2D eigenvalue weighted by atomic mass is 10.2. The highest BCUT2D eigenvalue weighted by atomic mass is 32.2. The fourth-order valence-electron chi connectivity index (χ4n) is 2.71. The highest BCUT2D eigenvalue weighted by molar-refractivity contribution is 7.89. The minimum atomic E-state index is -3.77. The maximum Gasteiger partial charge on any atom is 0.246 e. The number of rotatable bonds is 7. The Kier molecular flexibility index (Phi) is 5.48. The molecular formula is C19H21N3O4S. The van der Waals surface area contributed by atoms with E-state index in [0.29, 0.717) is 5.75 Å². The van der Waals surface area contributed by atoms with Crippen LogP contribution in [0, 0.1) is 0 Å². The van der Waals surface area contributed by atoms with Gasteiger partial charge in [-0.05, 0) is 35.9 Å².